The molecule has 1 atom stereocenters. The molecule has 1 saturated heterocycles. The van der Waals surface area contributed by atoms with E-state index in [9.17, 15) is 9.59 Å². The predicted molar refractivity (Wildman–Crippen MR) is 146 cm³/mol. The van der Waals surface area contributed by atoms with Gasteiger partial charge in [0.1, 0.15) is 0 Å². The topological polar surface area (TPSA) is 106 Å². The minimum Gasteiger partial charge on any atom is -0.397 e. The summed E-state index contributed by atoms with van der Waals surface area (Å²) in [6.07, 6.45) is 0.335. The van der Waals surface area contributed by atoms with E-state index in [2.05, 4.69) is 23.2 Å². The molecule has 3 amide bonds. The van der Waals surface area contributed by atoms with Gasteiger partial charge in [-0.3, -0.25) is 9.69 Å². The number of nitrogens with zero attached hydrogens (tertiary/aromatic N) is 4. The Kier molecular flexibility index (Phi) is 7.46. The van der Waals surface area contributed by atoms with Gasteiger partial charge < -0.3 is 20.9 Å². The summed E-state index contributed by atoms with van der Waals surface area (Å²) in [5.41, 5.74) is 9.74. The van der Waals surface area contributed by atoms with E-state index in [1.165, 1.54) is 0 Å². The van der Waals surface area contributed by atoms with Crippen molar-refractivity contribution >= 4 is 29.0 Å². The van der Waals surface area contributed by atoms with E-state index >= 15 is 0 Å². The number of hydrogen-bond acceptors (Lipinski definition) is 5. The molecule has 1 unspecified atom stereocenters. The lowest BCUT2D eigenvalue weighted by atomic mass is 9.99. The van der Waals surface area contributed by atoms with Crippen molar-refractivity contribution in [2.75, 3.05) is 43.1 Å². The first-order valence-electron chi connectivity index (χ1n) is 12.1. The molecule has 0 spiro atoms. The molecule has 37 heavy (non-hydrogen) atoms. The zero-order valence-corrected chi connectivity index (χ0v) is 21.4. The van der Waals surface area contributed by atoms with Crippen LogP contribution in [-0.4, -0.2) is 54.5 Å². The number of para-hydroxylation sites is 2. The Morgan fingerprint density at radius 3 is 2.32 bits per heavy atom. The highest BCUT2D eigenvalue weighted by molar-refractivity contribution is 6.05. The molecule has 0 aromatic heterocycles. The van der Waals surface area contributed by atoms with Crippen LogP contribution in [0.1, 0.15) is 28.4 Å². The zero-order valence-electron chi connectivity index (χ0n) is 21.4. The average Bonchev–Trinajstić information content (AvgIpc) is 3.10. The van der Waals surface area contributed by atoms with Gasteiger partial charge in [-0.25, -0.2) is 4.79 Å². The molecule has 1 heterocycles. The summed E-state index contributed by atoms with van der Waals surface area (Å²) in [6, 6.07) is 24.1. The number of carbonyl (C=O) groups is 2. The van der Waals surface area contributed by atoms with Crippen molar-refractivity contribution in [1.29, 1.82) is 5.26 Å². The van der Waals surface area contributed by atoms with E-state index in [1.54, 1.807) is 24.3 Å². The summed E-state index contributed by atoms with van der Waals surface area (Å²) in [6.45, 7) is 3.77. The Morgan fingerprint density at radius 2 is 1.70 bits per heavy atom. The molecule has 3 aromatic carbocycles. The number of amides is 3. The first-order valence-corrected chi connectivity index (χ1v) is 12.1. The Hall–Kier alpha value is -4.35. The van der Waals surface area contributed by atoms with Crippen molar-refractivity contribution in [2.24, 2.45) is 0 Å². The minimum absolute atomic E-state index is 0.0706. The molecule has 0 bridgehead atoms. The summed E-state index contributed by atoms with van der Waals surface area (Å²) in [4.78, 5) is 32.1. The normalized spacial score (nSPS) is 17.2. The number of anilines is 3. The van der Waals surface area contributed by atoms with E-state index in [0.29, 0.717) is 43.0 Å². The molecule has 0 radical (unpaired) electrons. The van der Waals surface area contributed by atoms with Gasteiger partial charge in [0.05, 0.1) is 29.4 Å². The molecule has 4 rings (SSSR count). The van der Waals surface area contributed by atoms with Crippen molar-refractivity contribution < 1.29 is 9.59 Å². The fraction of sp³-hybridized carbons (Fsp3) is 0.276. The SMILES string of the molecule is CN(C)CC1(C)CN(Cc2ccc(C(=O)Nc3ccccc3N)cc2)C(=O)N1c1ccc(CC#N)cc1. The molecule has 3 aromatic rings. The van der Waals surface area contributed by atoms with Gasteiger partial charge in [-0.15, -0.1) is 0 Å². The van der Waals surface area contributed by atoms with E-state index < -0.39 is 5.54 Å². The monoisotopic (exact) mass is 496 g/mol. The molecule has 1 aliphatic heterocycles. The lowest BCUT2D eigenvalue weighted by molar-refractivity contribution is 0.102. The lowest BCUT2D eigenvalue weighted by Gasteiger charge is -2.35. The minimum atomic E-state index is -0.438. The second-order valence-corrected chi connectivity index (χ2v) is 9.95. The third-order valence-corrected chi connectivity index (χ3v) is 6.47. The Balaban J connectivity index is 1.50. The number of benzene rings is 3. The highest BCUT2D eigenvalue weighted by Crippen LogP contribution is 2.34. The van der Waals surface area contributed by atoms with Crippen LogP contribution >= 0.6 is 0 Å². The quantitative estimate of drug-likeness (QED) is 0.451. The van der Waals surface area contributed by atoms with Gasteiger partial charge in [0.25, 0.3) is 5.91 Å². The molecule has 1 fully saturated rings. The fourth-order valence-corrected chi connectivity index (χ4v) is 4.91. The van der Waals surface area contributed by atoms with Crippen molar-refractivity contribution in [1.82, 2.24) is 9.80 Å². The number of nitrogens with two attached hydrogens (primary N) is 1. The highest BCUT2D eigenvalue weighted by Gasteiger charge is 2.47. The third-order valence-electron chi connectivity index (χ3n) is 6.47. The number of nitrogen functional groups attached to an aromatic ring is 1. The summed E-state index contributed by atoms with van der Waals surface area (Å²) >= 11 is 0. The Labute approximate surface area is 217 Å². The van der Waals surface area contributed by atoms with Gasteiger partial charge in [0, 0.05) is 30.9 Å². The van der Waals surface area contributed by atoms with Crippen LogP contribution in [-0.2, 0) is 13.0 Å². The van der Waals surface area contributed by atoms with Gasteiger partial charge in [0.15, 0.2) is 0 Å². The van der Waals surface area contributed by atoms with Crippen LogP contribution in [0.5, 0.6) is 0 Å². The van der Waals surface area contributed by atoms with E-state index in [-0.39, 0.29) is 11.9 Å². The van der Waals surface area contributed by atoms with E-state index in [4.69, 9.17) is 11.0 Å². The summed E-state index contributed by atoms with van der Waals surface area (Å²) in [5.74, 6) is -0.244. The molecule has 0 aliphatic carbocycles. The van der Waals surface area contributed by atoms with E-state index in [1.807, 2.05) is 72.4 Å². The molecule has 0 saturated carbocycles. The number of urea groups is 1. The van der Waals surface area contributed by atoms with Crippen LogP contribution in [0.3, 0.4) is 0 Å². The van der Waals surface area contributed by atoms with Crippen LogP contribution in [0.25, 0.3) is 0 Å². The molecule has 8 nitrogen and oxygen atoms in total. The zero-order chi connectivity index (χ0) is 26.6. The van der Waals surface area contributed by atoms with Crippen LogP contribution in [0.2, 0.25) is 0 Å². The molecular formula is C29H32N6O2. The summed E-state index contributed by atoms with van der Waals surface area (Å²) < 4.78 is 0. The maximum Gasteiger partial charge on any atom is 0.325 e. The lowest BCUT2D eigenvalue weighted by Crippen LogP contribution is -2.51. The number of carbonyl (C=O) groups excluding carboxylic acids is 2. The second-order valence-electron chi connectivity index (χ2n) is 9.95. The summed E-state index contributed by atoms with van der Waals surface area (Å²) in [5, 5.41) is 11.8. The van der Waals surface area contributed by atoms with Gasteiger partial charge in [-0.1, -0.05) is 36.4 Å². The largest absolute Gasteiger partial charge is 0.397 e. The third kappa shape index (κ3) is 5.74. The number of nitrogens with one attached hydrogen (secondary N) is 1. The van der Waals surface area contributed by atoms with Crippen molar-refractivity contribution in [2.45, 2.75) is 25.4 Å². The van der Waals surface area contributed by atoms with Crippen LogP contribution in [0, 0.1) is 11.3 Å². The maximum atomic E-state index is 13.6. The fourth-order valence-electron chi connectivity index (χ4n) is 4.91. The Morgan fingerprint density at radius 1 is 1.05 bits per heavy atom. The van der Waals surface area contributed by atoms with Crippen LogP contribution in [0.15, 0.2) is 72.8 Å². The highest BCUT2D eigenvalue weighted by atomic mass is 16.2. The van der Waals surface area contributed by atoms with Crippen LogP contribution < -0.4 is 16.0 Å². The molecule has 8 heteroatoms. The standard InChI is InChI=1S/C29H32N6O2/c1-29(19-33(2)3)20-34(28(37)35(29)24-14-10-21(11-15-24)16-17-30)18-22-8-12-23(13-9-22)27(36)32-26-7-5-4-6-25(26)31/h4-15H,16,18-20,31H2,1-3H3,(H,32,36). The first-order chi connectivity index (χ1) is 17.7. The number of hydrogen-bond donors (Lipinski definition) is 2. The number of rotatable bonds is 8. The molecule has 3 N–H and O–H groups in total. The predicted octanol–water partition coefficient (Wildman–Crippen LogP) is 4.35. The first kappa shape index (κ1) is 25.7. The molecule has 190 valence electrons. The Bertz CT molecular complexity index is 1310. The molecular weight excluding hydrogens is 464 g/mol. The van der Waals surface area contributed by atoms with Gasteiger partial charge in [-0.05, 0) is 68.5 Å². The molecule has 1 aliphatic rings. The average molecular weight is 497 g/mol. The van der Waals surface area contributed by atoms with Gasteiger partial charge in [-0.2, -0.15) is 5.26 Å². The van der Waals surface area contributed by atoms with E-state index in [0.717, 1.165) is 16.8 Å². The van der Waals surface area contributed by atoms with Crippen LogP contribution in [0.4, 0.5) is 21.9 Å². The van der Waals surface area contributed by atoms with Crippen molar-refractivity contribution in [3.63, 3.8) is 0 Å². The number of nitriles is 1. The maximum absolute atomic E-state index is 13.6. The smallest absolute Gasteiger partial charge is 0.325 e. The second kappa shape index (κ2) is 10.7. The number of likely N-dealkylation sites (N-methyl/N-ethyl adjacent to an activating group) is 1. The van der Waals surface area contributed by atoms with Gasteiger partial charge >= 0.3 is 6.03 Å². The van der Waals surface area contributed by atoms with Crippen molar-refractivity contribution in [3.05, 3.63) is 89.5 Å². The summed E-state index contributed by atoms with van der Waals surface area (Å²) in [7, 11) is 4.00. The van der Waals surface area contributed by atoms with Gasteiger partial charge in [0.2, 0.25) is 0 Å². The van der Waals surface area contributed by atoms with Crippen molar-refractivity contribution in [3.8, 4) is 6.07 Å².